The lowest BCUT2D eigenvalue weighted by Crippen LogP contribution is -2.37. The Morgan fingerprint density at radius 3 is 2.62 bits per heavy atom. The molecule has 10 nitrogen and oxygen atoms in total. The third kappa shape index (κ3) is 6.26. The van der Waals surface area contributed by atoms with E-state index in [2.05, 4.69) is 20.9 Å². The highest BCUT2D eigenvalue weighted by molar-refractivity contribution is 5.95. The molecule has 0 unspecified atom stereocenters. The van der Waals surface area contributed by atoms with Crippen LogP contribution in [0.25, 0.3) is 5.65 Å². The first-order valence-electron chi connectivity index (χ1n) is 13.5. The van der Waals surface area contributed by atoms with Gasteiger partial charge in [0.25, 0.3) is 5.91 Å². The predicted molar refractivity (Wildman–Crippen MR) is 136 cm³/mol. The third-order valence-corrected chi connectivity index (χ3v) is 7.61. The van der Waals surface area contributed by atoms with E-state index in [4.69, 9.17) is 14.2 Å². The smallest absolute Gasteiger partial charge is 0.257 e. The van der Waals surface area contributed by atoms with Gasteiger partial charge >= 0.3 is 0 Å². The standard InChI is InChI=1S/C27H34F2N6O4/c1-3-4-23(36)32-24(16-5-6-16)18-11-22-31-20(13-35(22)30-12-18)25(17-7-9-27(28,29)10-8-17)33-26(37)19-14-39-34-21(19)15-38-2/h11-14,16-17,24-25H,3-10,15H2,1-2H3,(H,32,36)(H,33,37)/t24-,25+/m1/s1. The van der Waals surface area contributed by atoms with Crippen LogP contribution in [0, 0.1) is 11.8 Å². The van der Waals surface area contributed by atoms with E-state index in [0.29, 0.717) is 29.4 Å². The number of ether oxygens (including phenoxy) is 1. The number of amides is 2. The van der Waals surface area contributed by atoms with E-state index in [1.807, 2.05) is 13.0 Å². The van der Waals surface area contributed by atoms with Gasteiger partial charge in [0.1, 0.15) is 17.5 Å². The molecule has 2 atom stereocenters. The number of alkyl halides is 2. The Labute approximate surface area is 224 Å². The van der Waals surface area contributed by atoms with Crippen LogP contribution in [-0.4, -0.2) is 44.6 Å². The van der Waals surface area contributed by atoms with E-state index in [9.17, 15) is 18.4 Å². The van der Waals surface area contributed by atoms with Gasteiger partial charge in [-0.15, -0.1) is 0 Å². The molecule has 0 spiro atoms. The minimum atomic E-state index is -2.71. The molecule has 0 bridgehead atoms. The summed E-state index contributed by atoms with van der Waals surface area (Å²) in [6, 6.07) is 1.15. The van der Waals surface area contributed by atoms with Crippen molar-refractivity contribution in [1.82, 2.24) is 30.4 Å². The van der Waals surface area contributed by atoms with Gasteiger partial charge < -0.3 is 19.9 Å². The fourth-order valence-corrected chi connectivity index (χ4v) is 5.34. The predicted octanol–water partition coefficient (Wildman–Crippen LogP) is 4.53. The van der Waals surface area contributed by atoms with Crippen LogP contribution in [0.2, 0.25) is 0 Å². The zero-order chi connectivity index (χ0) is 27.6. The molecule has 0 saturated heterocycles. The number of fused-ring (bicyclic) bond motifs is 1. The molecule has 2 amide bonds. The first-order valence-corrected chi connectivity index (χ1v) is 13.5. The Hall–Kier alpha value is -3.41. The number of methoxy groups -OCH3 is 1. The number of nitrogens with one attached hydrogen (secondary N) is 2. The average molecular weight is 545 g/mol. The summed E-state index contributed by atoms with van der Waals surface area (Å²) in [7, 11) is 1.49. The third-order valence-electron chi connectivity index (χ3n) is 7.61. The van der Waals surface area contributed by atoms with Crippen molar-refractivity contribution in [3.05, 3.63) is 47.2 Å². The van der Waals surface area contributed by atoms with Crippen molar-refractivity contribution in [2.75, 3.05) is 7.11 Å². The zero-order valence-electron chi connectivity index (χ0n) is 22.2. The highest BCUT2D eigenvalue weighted by Crippen LogP contribution is 2.42. The maximum atomic E-state index is 14.0. The number of hydrogen-bond acceptors (Lipinski definition) is 7. The van der Waals surface area contributed by atoms with Crippen molar-refractivity contribution < 1.29 is 27.6 Å². The van der Waals surface area contributed by atoms with Gasteiger partial charge in [0.05, 0.1) is 36.8 Å². The van der Waals surface area contributed by atoms with Gasteiger partial charge in [-0.25, -0.2) is 18.3 Å². The van der Waals surface area contributed by atoms with E-state index >= 15 is 0 Å². The molecule has 2 aliphatic rings. The summed E-state index contributed by atoms with van der Waals surface area (Å²) in [5.41, 5.74) is 2.54. The van der Waals surface area contributed by atoms with Crippen molar-refractivity contribution in [2.24, 2.45) is 11.8 Å². The Morgan fingerprint density at radius 1 is 1.18 bits per heavy atom. The summed E-state index contributed by atoms with van der Waals surface area (Å²) in [6.07, 6.45) is 8.01. The minimum Gasteiger partial charge on any atom is -0.378 e. The van der Waals surface area contributed by atoms with Crippen LogP contribution in [0.1, 0.15) is 97.7 Å². The van der Waals surface area contributed by atoms with Gasteiger partial charge in [0.2, 0.25) is 11.8 Å². The van der Waals surface area contributed by atoms with Crippen LogP contribution in [0.5, 0.6) is 0 Å². The van der Waals surface area contributed by atoms with E-state index in [0.717, 1.165) is 24.8 Å². The molecular formula is C27H34F2N6O4. The topological polar surface area (TPSA) is 124 Å². The molecule has 3 aromatic heterocycles. The summed E-state index contributed by atoms with van der Waals surface area (Å²) < 4.78 is 39.7. The maximum Gasteiger partial charge on any atom is 0.257 e. The second kappa shape index (κ2) is 11.4. The number of aromatic nitrogens is 4. The molecule has 12 heteroatoms. The highest BCUT2D eigenvalue weighted by Gasteiger charge is 2.40. The van der Waals surface area contributed by atoms with Crippen LogP contribution >= 0.6 is 0 Å². The van der Waals surface area contributed by atoms with Crippen LogP contribution in [-0.2, 0) is 16.1 Å². The summed E-state index contributed by atoms with van der Waals surface area (Å²) >= 11 is 0. The fourth-order valence-electron chi connectivity index (χ4n) is 5.34. The second-order valence-corrected chi connectivity index (χ2v) is 10.6. The molecule has 5 rings (SSSR count). The lowest BCUT2D eigenvalue weighted by Gasteiger charge is -2.33. The number of carbonyl (C=O) groups excluding carboxylic acids is 2. The quantitative estimate of drug-likeness (QED) is 0.364. The Kier molecular flexibility index (Phi) is 7.92. The Morgan fingerprint density at radius 2 is 1.92 bits per heavy atom. The zero-order valence-corrected chi connectivity index (χ0v) is 22.2. The van der Waals surface area contributed by atoms with Crippen molar-refractivity contribution >= 4 is 17.5 Å². The molecular weight excluding hydrogens is 510 g/mol. The van der Waals surface area contributed by atoms with Crippen molar-refractivity contribution in [3.8, 4) is 0 Å². The van der Waals surface area contributed by atoms with Gasteiger partial charge in [-0.05, 0) is 55.6 Å². The summed E-state index contributed by atoms with van der Waals surface area (Å²) in [5.74, 6) is -3.01. The van der Waals surface area contributed by atoms with E-state index in [1.165, 1.54) is 13.4 Å². The molecule has 2 aliphatic carbocycles. The van der Waals surface area contributed by atoms with E-state index in [1.54, 1.807) is 16.9 Å². The SMILES string of the molecule is CCCC(=O)N[C@@H](c1cnn2cc([C@@H](NC(=O)c3conc3COC)C3CCC(F)(F)CC3)nc2c1)C1CC1. The fraction of sp³-hybridized carbons (Fsp3) is 0.593. The van der Waals surface area contributed by atoms with E-state index < -0.39 is 17.9 Å². The van der Waals surface area contributed by atoms with Crippen LogP contribution in [0.15, 0.2) is 29.2 Å². The monoisotopic (exact) mass is 544 g/mol. The Bertz CT molecular complexity index is 1310. The summed E-state index contributed by atoms with van der Waals surface area (Å²) in [5, 5.41) is 14.5. The summed E-state index contributed by atoms with van der Waals surface area (Å²) in [4.78, 5) is 30.4. The lowest BCUT2D eigenvalue weighted by molar-refractivity contribution is -0.122. The molecule has 2 N–H and O–H groups in total. The Balaban J connectivity index is 1.43. The molecule has 3 heterocycles. The molecule has 0 aromatic carbocycles. The molecule has 210 valence electrons. The second-order valence-electron chi connectivity index (χ2n) is 10.6. The number of carbonyl (C=O) groups is 2. The minimum absolute atomic E-state index is 0.0109. The highest BCUT2D eigenvalue weighted by atomic mass is 19.3. The largest absolute Gasteiger partial charge is 0.378 e. The van der Waals surface area contributed by atoms with Gasteiger partial charge in [0, 0.05) is 26.4 Å². The normalized spacial score (nSPS) is 19.1. The number of hydrogen-bond donors (Lipinski definition) is 2. The summed E-state index contributed by atoms with van der Waals surface area (Å²) in [6.45, 7) is 2.06. The van der Waals surface area contributed by atoms with Crippen LogP contribution in [0.4, 0.5) is 8.78 Å². The van der Waals surface area contributed by atoms with Gasteiger partial charge in [0.15, 0.2) is 5.65 Å². The first-order chi connectivity index (χ1) is 18.8. The maximum absolute atomic E-state index is 14.0. The van der Waals surface area contributed by atoms with Crippen molar-refractivity contribution in [1.29, 1.82) is 0 Å². The van der Waals surface area contributed by atoms with Crippen LogP contribution in [0.3, 0.4) is 0 Å². The molecule has 2 saturated carbocycles. The van der Waals surface area contributed by atoms with Gasteiger partial charge in [-0.1, -0.05) is 12.1 Å². The number of halogens is 2. The van der Waals surface area contributed by atoms with Crippen molar-refractivity contribution in [3.63, 3.8) is 0 Å². The van der Waals surface area contributed by atoms with Crippen LogP contribution < -0.4 is 10.6 Å². The van der Waals surface area contributed by atoms with Gasteiger partial charge in [-0.2, -0.15) is 5.10 Å². The molecule has 0 radical (unpaired) electrons. The van der Waals surface area contributed by atoms with Gasteiger partial charge in [-0.3, -0.25) is 9.59 Å². The number of imidazole rings is 1. The number of rotatable bonds is 11. The first kappa shape index (κ1) is 27.2. The molecule has 0 aliphatic heterocycles. The molecule has 39 heavy (non-hydrogen) atoms. The molecule has 3 aromatic rings. The number of nitrogens with zero attached hydrogens (tertiary/aromatic N) is 4. The average Bonchev–Trinajstić information content (AvgIpc) is 3.48. The lowest BCUT2D eigenvalue weighted by atomic mass is 9.81. The molecule has 2 fully saturated rings. The van der Waals surface area contributed by atoms with E-state index in [-0.39, 0.29) is 55.7 Å². The van der Waals surface area contributed by atoms with Crippen molar-refractivity contribution in [2.45, 2.75) is 82.9 Å².